The Labute approximate surface area is 258 Å². The van der Waals surface area contributed by atoms with Crippen molar-refractivity contribution in [2.24, 2.45) is 0 Å². The maximum Gasteiger partial charge on any atom is 0.232 e. The Hall–Kier alpha value is -4.49. The Bertz CT molecular complexity index is 1800. The Morgan fingerprint density at radius 1 is 1.11 bits per heavy atom. The van der Waals surface area contributed by atoms with Crippen LogP contribution in [0.4, 0.5) is 34.5 Å². The SMILES string of the molecule is C=Cc1cnc(Nc2cc(CC)c(N3CCC(N(C)C)C3)cc2OC)nc1Nc1ccc2nccnc2c1N(C)S(C)(=O)=O. The molecule has 2 aromatic carbocycles. The minimum atomic E-state index is -3.62. The van der Waals surface area contributed by atoms with Crippen LogP contribution in [0.2, 0.25) is 0 Å². The molecule has 13 heteroatoms. The molecule has 2 aromatic heterocycles. The van der Waals surface area contributed by atoms with E-state index in [-0.39, 0.29) is 0 Å². The molecule has 0 bridgehead atoms. The first-order valence-electron chi connectivity index (χ1n) is 14.4. The highest BCUT2D eigenvalue weighted by atomic mass is 32.2. The number of aromatic nitrogens is 4. The van der Waals surface area contributed by atoms with Crippen LogP contribution in [0, 0.1) is 0 Å². The summed E-state index contributed by atoms with van der Waals surface area (Å²) < 4.78 is 32.2. The second kappa shape index (κ2) is 12.6. The fourth-order valence-corrected chi connectivity index (χ4v) is 5.91. The van der Waals surface area contributed by atoms with Gasteiger partial charge in [0, 0.05) is 62.1 Å². The van der Waals surface area contributed by atoms with E-state index >= 15 is 0 Å². The molecule has 12 nitrogen and oxygen atoms in total. The van der Waals surface area contributed by atoms with Gasteiger partial charge >= 0.3 is 0 Å². The van der Waals surface area contributed by atoms with Gasteiger partial charge in [-0.05, 0) is 50.7 Å². The molecule has 2 N–H and O–H groups in total. The van der Waals surface area contributed by atoms with Gasteiger partial charge in [0.05, 0.1) is 30.3 Å². The minimum Gasteiger partial charge on any atom is -0.494 e. The average molecular weight is 618 g/mol. The van der Waals surface area contributed by atoms with E-state index in [1.165, 1.54) is 28.8 Å². The fraction of sp³-hybridized carbons (Fsp3) is 0.355. The molecule has 0 aliphatic carbocycles. The molecule has 4 aromatic rings. The number of likely N-dealkylation sites (N-methyl/N-ethyl adjacent to an activating group) is 1. The number of fused-ring (bicyclic) bond motifs is 1. The largest absolute Gasteiger partial charge is 0.494 e. The Kier molecular flexibility index (Phi) is 8.88. The topological polar surface area (TPSA) is 129 Å². The van der Waals surface area contributed by atoms with Crippen molar-refractivity contribution in [1.29, 1.82) is 0 Å². The number of nitrogens with one attached hydrogen (secondary N) is 2. The molecule has 1 aliphatic heterocycles. The number of sulfonamides is 1. The fourth-order valence-electron chi connectivity index (χ4n) is 5.40. The molecule has 232 valence electrons. The van der Waals surface area contributed by atoms with Gasteiger partial charge in [-0.15, -0.1) is 0 Å². The highest BCUT2D eigenvalue weighted by Crippen LogP contribution is 2.38. The lowest BCUT2D eigenvalue weighted by molar-refractivity contribution is 0.315. The van der Waals surface area contributed by atoms with Crippen molar-refractivity contribution in [3.8, 4) is 5.75 Å². The van der Waals surface area contributed by atoms with E-state index in [4.69, 9.17) is 9.72 Å². The van der Waals surface area contributed by atoms with Crippen molar-refractivity contribution in [2.45, 2.75) is 25.8 Å². The first-order valence-corrected chi connectivity index (χ1v) is 16.2. The van der Waals surface area contributed by atoms with E-state index in [0.717, 1.165) is 37.9 Å². The zero-order valence-electron chi connectivity index (χ0n) is 26.0. The Balaban J connectivity index is 1.51. The summed E-state index contributed by atoms with van der Waals surface area (Å²) in [5.41, 5.74) is 5.57. The molecule has 1 unspecified atom stereocenters. The number of anilines is 6. The maximum atomic E-state index is 12.6. The van der Waals surface area contributed by atoms with Gasteiger partial charge in [0.25, 0.3) is 0 Å². The lowest BCUT2D eigenvalue weighted by Gasteiger charge is -2.25. The van der Waals surface area contributed by atoms with Gasteiger partial charge < -0.3 is 25.2 Å². The molecule has 3 heterocycles. The van der Waals surface area contributed by atoms with Crippen LogP contribution >= 0.6 is 0 Å². The molecule has 0 spiro atoms. The van der Waals surface area contributed by atoms with E-state index in [1.807, 2.05) is 0 Å². The van der Waals surface area contributed by atoms with Gasteiger partial charge in [-0.1, -0.05) is 19.6 Å². The first kappa shape index (κ1) is 31.0. The maximum absolute atomic E-state index is 12.6. The zero-order chi connectivity index (χ0) is 31.6. The smallest absolute Gasteiger partial charge is 0.232 e. The predicted molar refractivity (Wildman–Crippen MR) is 178 cm³/mol. The third-order valence-electron chi connectivity index (χ3n) is 7.98. The number of aryl methyl sites for hydroxylation is 1. The molecule has 1 saturated heterocycles. The monoisotopic (exact) mass is 617 g/mol. The third kappa shape index (κ3) is 6.24. The van der Waals surface area contributed by atoms with Gasteiger partial charge in [0.1, 0.15) is 22.8 Å². The van der Waals surface area contributed by atoms with Gasteiger partial charge in [0.2, 0.25) is 16.0 Å². The summed E-state index contributed by atoms with van der Waals surface area (Å²) in [6.45, 7) is 8.01. The standard InChI is InChI=1S/C31H39N9O3S/c1-8-20-16-25(27(43-6)17-26(20)40-15-12-22(19-40)38(3)4)36-31-34-18-21(9-2)30(37-31)35-24-11-10-23-28(33-14-13-32-23)29(24)39(5)44(7,41)42/h9-11,13-14,16-18,22H,2,8,12,15,19H2,1,3-7H3,(H2,34,35,36,37). The second-order valence-electron chi connectivity index (χ2n) is 11.0. The van der Waals surface area contributed by atoms with Crippen LogP contribution in [0.15, 0.2) is 49.4 Å². The normalized spacial score (nSPS) is 15.1. The molecule has 0 radical (unpaired) electrons. The quantitative estimate of drug-likeness (QED) is 0.244. The van der Waals surface area contributed by atoms with E-state index in [2.05, 4.69) is 75.1 Å². The molecule has 1 fully saturated rings. The van der Waals surface area contributed by atoms with Gasteiger partial charge in [-0.3, -0.25) is 14.3 Å². The van der Waals surface area contributed by atoms with E-state index in [1.54, 1.807) is 37.7 Å². The van der Waals surface area contributed by atoms with Crippen molar-refractivity contribution in [1.82, 2.24) is 24.8 Å². The van der Waals surface area contributed by atoms with Gasteiger partial charge in [-0.2, -0.15) is 4.98 Å². The Morgan fingerprint density at radius 2 is 1.89 bits per heavy atom. The van der Waals surface area contributed by atoms with Gasteiger partial charge in [0.15, 0.2) is 0 Å². The summed E-state index contributed by atoms with van der Waals surface area (Å²) in [6, 6.07) is 8.22. The van der Waals surface area contributed by atoms with Crippen molar-refractivity contribution in [3.63, 3.8) is 0 Å². The molecular weight excluding hydrogens is 578 g/mol. The van der Waals surface area contributed by atoms with E-state index in [0.29, 0.717) is 51.5 Å². The van der Waals surface area contributed by atoms with Crippen molar-refractivity contribution in [2.75, 3.05) is 67.4 Å². The van der Waals surface area contributed by atoms with Crippen molar-refractivity contribution < 1.29 is 13.2 Å². The van der Waals surface area contributed by atoms with Crippen LogP contribution in [-0.4, -0.2) is 86.9 Å². The average Bonchev–Trinajstić information content (AvgIpc) is 3.51. The molecular formula is C31H39N9O3S. The van der Waals surface area contributed by atoms with Crippen LogP contribution in [-0.2, 0) is 16.4 Å². The summed E-state index contributed by atoms with van der Waals surface area (Å²) in [6.07, 6.45) is 9.48. The highest BCUT2D eigenvalue weighted by Gasteiger charge is 2.27. The summed E-state index contributed by atoms with van der Waals surface area (Å²) in [4.78, 5) is 22.7. The lowest BCUT2D eigenvalue weighted by Crippen LogP contribution is -2.31. The number of hydrogen-bond acceptors (Lipinski definition) is 11. The number of ether oxygens (including phenoxy) is 1. The molecule has 44 heavy (non-hydrogen) atoms. The van der Waals surface area contributed by atoms with Crippen LogP contribution < -0.4 is 24.6 Å². The van der Waals surface area contributed by atoms with Crippen LogP contribution in [0.25, 0.3) is 17.1 Å². The first-order chi connectivity index (χ1) is 21.0. The molecule has 0 amide bonds. The third-order valence-corrected chi connectivity index (χ3v) is 9.16. The molecule has 1 aliphatic rings. The highest BCUT2D eigenvalue weighted by molar-refractivity contribution is 7.92. The molecule has 1 atom stereocenters. The number of methoxy groups -OCH3 is 1. The number of benzene rings is 2. The molecule has 0 saturated carbocycles. The summed E-state index contributed by atoms with van der Waals surface area (Å²) in [5, 5.41) is 6.63. The van der Waals surface area contributed by atoms with Crippen molar-refractivity contribution in [3.05, 3.63) is 60.6 Å². The van der Waals surface area contributed by atoms with Crippen LogP contribution in [0.1, 0.15) is 24.5 Å². The summed E-state index contributed by atoms with van der Waals surface area (Å²) in [5.74, 6) is 1.45. The number of rotatable bonds is 11. The van der Waals surface area contributed by atoms with Crippen LogP contribution in [0.5, 0.6) is 5.75 Å². The Morgan fingerprint density at radius 3 is 2.55 bits per heavy atom. The zero-order valence-corrected chi connectivity index (χ0v) is 26.8. The summed E-state index contributed by atoms with van der Waals surface area (Å²) in [7, 11) is 3.77. The van der Waals surface area contributed by atoms with Gasteiger partial charge in [-0.25, -0.2) is 13.4 Å². The van der Waals surface area contributed by atoms with E-state index in [9.17, 15) is 8.42 Å². The molecule has 5 rings (SSSR count). The predicted octanol–water partition coefficient (Wildman–Crippen LogP) is 4.66. The van der Waals surface area contributed by atoms with Crippen LogP contribution in [0.3, 0.4) is 0 Å². The minimum absolute atomic E-state index is 0.332. The second-order valence-corrected chi connectivity index (χ2v) is 13.0. The van der Waals surface area contributed by atoms with Crippen molar-refractivity contribution >= 4 is 61.6 Å². The number of nitrogens with zero attached hydrogens (tertiary/aromatic N) is 7. The summed E-state index contributed by atoms with van der Waals surface area (Å²) >= 11 is 0. The van der Waals surface area contributed by atoms with E-state index < -0.39 is 10.0 Å². The number of hydrogen-bond donors (Lipinski definition) is 2. The lowest BCUT2D eigenvalue weighted by atomic mass is 10.1.